The van der Waals surface area contributed by atoms with Crippen LogP contribution < -0.4 is 5.32 Å². The molecule has 168 valence electrons. The lowest BCUT2D eigenvalue weighted by molar-refractivity contribution is -0.155. The van der Waals surface area contributed by atoms with Crippen molar-refractivity contribution in [3.63, 3.8) is 0 Å². The van der Waals surface area contributed by atoms with Crippen molar-refractivity contribution < 1.29 is 14.7 Å². The largest absolute Gasteiger partial charge is 0.383 e. The second kappa shape index (κ2) is 8.58. The second-order valence-corrected chi connectivity index (χ2v) is 10.2. The highest BCUT2D eigenvalue weighted by molar-refractivity contribution is 5.97. The van der Waals surface area contributed by atoms with Crippen LogP contribution in [0.2, 0.25) is 0 Å². The van der Waals surface area contributed by atoms with E-state index in [0.717, 1.165) is 18.4 Å². The van der Waals surface area contributed by atoms with Crippen LogP contribution in [0.4, 0.5) is 0 Å². The summed E-state index contributed by atoms with van der Waals surface area (Å²) in [4.78, 5) is 31.9. The van der Waals surface area contributed by atoms with Crippen LogP contribution in [0.3, 0.4) is 0 Å². The van der Waals surface area contributed by atoms with E-state index in [2.05, 4.69) is 10.3 Å². The van der Waals surface area contributed by atoms with Crippen LogP contribution in [-0.2, 0) is 15.2 Å². The van der Waals surface area contributed by atoms with Gasteiger partial charge in [-0.25, -0.2) is 0 Å². The highest BCUT2D eigenvalue weighted by Gasteiger charge is 2.50. The molecule has 31 heavy (non-hydrogen) atoms. The van der Waals surface area contributed by atoms with Gasteiger partial charge in [-0.15, -0.1) is 0 Å². The highest BCUT2D eigenvalue weighted by atomic mass is 16.3. The molecule has 1 aromatic rings. The zero-order valence-electron chi connectivity index (χ0n) is 19.4. The number of aliphatic hydroxyl groups is 1. The van der Waals surface area contributed by atoms with Crippen LogP contribution in [0.15, 0.2) is 42.1 Å². The fraction of sp³-hybridized carbons (Fsp3) is 0.560. The Kier molecular flexibility index (Phi) is 6.42. The van der Waals surface area contributed by atoms with E-state index in [1.165, 1.54) is 0 Å². The molecule has 0 spiro atoms. The Morgan fingerprint density at radius 1 is 1.26 bits per heavy atom. The first-order valence-corrected chi connectivity index (χ1v) is 11.1. The van der Waals surface area contributed by atoms with Gasteiger partial charge in [-0.05, 0) is 45.2 Å². The lowest BCUT2D eigenvalue weighted by Crippen LogP contribution is -2.58. The predicted octanol–water partition coefficient (Wildman–Crippen LogP) is 3.40. The SMILES string of the molecule is Cc1ccc(C2(O)CCN(C(=O)CC(C)(C)NC(=O)C3=CCCC=C3)CC2(C)C)nc1. The predicted molar refractivity (Wildman–Crippen MR) is 121 cm³/mol. The van der Waals surface area contributed by atoms with Gasteiger partial charge in [0, 0.05) is 48.7 Å². The molecular weight excluding hydrogens is 390 g/mol. The number of pyridine rings is 1. The van der Waals surface area contributed by atoms with E-state index >= 15 is 0 Å². The van der Waals surface area contributed by atoms with Crippen LogP contribution in [0.1, 0.15) is 64.6 Å². The number of rotatable bonds is 5. The lowest BCUT2D eigenvalue weighted by atomic mass is 9.68. The van der Waals surface area contributed by atoms with E-state index in [1.54, 1.807) is 11.1 Å². The van der Waals surface area contributed by atoms with Crippen molar-refractivity contribution in [2.24, 2.45) is 5.41 Å². The lowest BCUT2D eigenvalue weighted by Gasteiger charge is -2.50. The maximum atomic E-state index is 13.1. The summed E-state index contributed by atoms with van der Waals surface area (Å²) in [7, 11) is 0. The van der Waals surface area contributed by atoms with Crippen molar-refractivity contribution in [2.75, 3.05) is 13.1 Å². The molecule has 1 saturated heterocycles. The minimum Gasteiger partial charge on any atom is -0.383 e. The number of likely N-dealkylation sites (tertiary alicyclic amines) is 1. The molecule has 6 heteroatoms. The van der Waals surface area contributed by atoms with Crippen molar-refractivity contribution >= 4 is 11.8 Å². The first kappa shape index (κ1) is 23.2. The van der Waals surface area contributed by atoms with Crippen LogP contribution in [0, 0.1) is 12.3 Å². The van der Waals surface area contributed by atoms with E-state index in [1.807, 2.05) is 65.0 Å². The molecule has 3 rings (SSSR count). The van der Waals surface area contributed by atoms with E-state index < -0.39 is 16.6 Å². The van der Waals surface area contributed by atoms with Crippen LogP contribution in [0.25, 0.3) is 0 Å². The van der Waals surface area contributed by atoms with Crippen molar-refractivity contribution in [3.05, 3.63) is 53.4 Å². The zero-order valence-corrected chi connectivity index (χ0v) is 19.4. The van der Waals surface area contributed by atoms with Gasteiger partial charge in [0.1, 0.15) is 5.60 Å². The molecule has 1 fully saturated rings. The van der Waals surface area contributed by atoms with E-state index in [4.69, 9.17) is 0 Å². The minimum absolute atomic E-state index is 0.0227. The average molecular weight is 426 g/mol. The molecule has 1 aromatic heterocycles. The summed E-state index contributed by atoms with van der Waals surface area (Å²) in [6, 6.07) is 3.83. The number of allylic oxidation sites excluding steroid dienone is 2. The van der Waals surface area contributed by atoms with Gasteiger partial charge in [0.2, 0.25) is 5.91 Å². The number of piperidine rings is 1. The molecule has 0 aromatic carbocycles. The van der Waals surface area contributed by atoms with Crippen LogP contribution in [-0.4, -0.2) is 45.4 Å². The second-order valence-electron chi connectivity index (χ2n) is 10.2. The molecule has 2 amide bonds. The number of hydrogen-bond donors (Lipinski definition) is 2. The molecule has 1 unspecified atom stereocenters. The number of hydrogen-bond acceptors (Lipinski definition) is 4. The zero-order chi connectivity index (χ0) is 22.9. The topological polar surface area (TPSA) is 82.5 Å². The summed E-state index contributed by atoms with van der Waals surface area (Å²) in [5.74, 6) is -0.169. The Bertz CT molecular complexity index is 899. The third-order valence-corrected chi connectivity index (χ3v) is 6.44. The first-order chi connectivity index (χ1) is 14.4. The fourth-order valence-corrected chi connectivity index (χ4v) is 4.42. The molecule has 2 aliphatic rings. The van der Waals surface area contributed by atoms with Crippen molar-refractivity contribution in [1.82, 2.24) is 15.2 Å². The summed E-state index contributed by atoms with van der Waals surface area (Å²) in [6.07, 6.45) is 9.97. The quantitative estimate of drug-likeness (QED) is 0.758. The molecule has 1 aliphatic carbocycles. The summed E-state index contributed by atoms with van der Waals surface area (Å²) >= 11 is 0. The minimum atomic E-state index is -1.10. The van der Waals surface area contributed by atoms with Crippen LogP contribution >= 0.6 is 0 Å². The molecule has 1 atom stereocenters. The van der Waals surface area contributed by atoms with E-state index in [9.17, 15) is 14.7 Å². The Balaban J connectivity index is 1.65. The van der Waals surface area contributed by atoms with Gasteiger partial charge in [0.05, 0.1) is 5.69 Å². The van der Waals surface area contributed by atoms with E-state index in [0.29, 0.717) is 30.8 Å². The van der Waals surface area contributed by atoms with E-state index in [-0.39, 0.29) is 18.2 Å². The third-order valence-electron chi connectivity index (χ3n) is 6.44. The third kappa shape index (κ3) is 5.06. The number of nitrogens with one attached hydrogen (secondary N) is 1. The fourth-order valence-electron chi connectivity index (χ4n) is 4.42. The Hall–Kier alpha value is -2.47. The Labute approximate surface area is 185 Å². The first-order valence-electron chi connectivity index (χ1n) is 11.1. The number of carbonyl (C=O) groups is 2. The van der Waals surface area contributed by atoms with Gasteiger partial charge >= 0.3 is 0 Å². The van der Waals surface area contributed by atoms with Gasteiger partial charge < -0.3 is 15.3 Å². The van der Waals surface area contributed by atoms with Gasteiger partial charge in [-0.1, -0.05) is 38.1 Å². The van der Waals surface area contributed by atoms with Gasteiger partial charge in [-0.3, -0.25) is 14.6 Å². The molecule has 0 bridgehead atoms. The monoisotopic (exact) mass is 425 g/mol. The van der Waals surface area contributed by atoms with Gasteiger partial charge in [0.25, 0.3) is 5.91 Å². The molecule has 0 radical (unpaired) electrons. The number of nitrogens with zero attached hydrogens (tertiary/aromatic N) is 2. The average Bonchev–Trinajstić information content (AvgIpc) is 2.70. The molecule has 1 aliphatic heterocycles. The highest BCUT2D eigenvalue weighted by Crippen LogP contribution is 2.45. The Morgan fingerprint density at radius 3 is 2.58 bits per heavy atom. The summed E-state index contributed by atoms with van der Waals surface area (Å²) in [6.45, 7) is 10.5. The number of aryl methyl sites for hydroxylation is 1. The van der Waals surface area contributed by atoms with Crippen molar-refractivity contribution in [1.29, 1.82) is 0 Å². The molecule has 2 N–H and O–H groups in total. The smallest absolute Gasteiger partial charge is 0.251 e. The van der Waals surface area contributed by atoms with Gasteiger partial charge in [0.15, 0.2) is 0 Å². The maximum Gasteiger partial charge on any atom is 0.251 e. The molecule has 2 heterocycles. The van der Waals surface area contributed by atoms with Crippen LogP contribution in [0.5, 0.6) is 0 Å². The molecule has 0 saturated carbocycles. The standard InChI is InChI=1S/C25H35N3O3/c1-18-11-12-20(26-16-18)25(31)13-14-28(17-23(25,2)3)21(29)15-24(4,5)27-22(30)19-9-7-6-8-10-19/h7,9-12,16,31H,6,8,13-15,17H2,1-5H3,(H,27,30). The van der Waals surface area contributed by atoms with Gasteiger partial charge in [-0.2, -0.15) is 0 Å². The number of carbonyl (C=O) groups excluding carboxylic acids is 2. The summed E-state index contributed by atoms with van der Waals surface area (Å²) in [5.41, 5.74) is 0.0195. The van der Waals surface area contributed by atoms with Crippen molar-refractivity contribution in [2.45, 2.75) is 71.4 Å². The summed E-state index contributed by atoms with van der Waals surface area (Å²) in [5, 5.41) is 14.5. The normalized spacial score (nSPS) is 23.3. The Morgan fingerprint density at radius 2 is 2.00 bits per heavy atom. The number of amides is 2. The summed E-state index contributed by atoms with van der Waals surface area (Å²) < 4.78 is 0. The molecule has 6 nitrogen and oxygen atoms in total. The number of aromatic nitrogens is 1. The maximum absolute atomic E-state index is 13.1. The van der Waals surface area contributed by atoms with Crippen molar-refractivity contribution in [3.8, 4) is 0 Å². The molecular formula is C25H35N3O3.